The predicted octanol–water partition coefficient (Wildman–Crippen LogP) is 1.32. The third-order valence-electron chi connectivity index (χ3n) is 2.62. The molecule has 1 unspecified atom stereocenters. The minimum Gasteiger partial charge on any atom is -0.381 e. The maximum Gasteiger partial charge on any atom is 0.173 e. The summed E-state index contributed by atoms with van der Waals surface area (Å²) in [5.41, 5.74) is 0. The lowest BCUT2D eigenvalue weighted by atomic mass is 10.1. The Bertz CT molecular complexity index is 152. The van der Waals surface area contributed by atoms with Gasteiger partial charge in [-0.15, -0.1) is 0 Å². The molecule has 2 aliphatic heterocycles. The van der Waals surface area contributed by atoms with Crippen molar-refractivity contribution in [3.63, 3.8) is 0 Å². The van der Waals surface area contributed by atoms with E-state index >= 15 is 0 Å². The van der Waals surface area contributed by atoms with Gasteiger partial charge in [-0.2, -0.15) is 0 Å². The van der Waals surface area contributed by atoms with Gasteiger partial charge in [-0.05, 0) is 6.42 Å². The van der Waals surface area contributed by atoms with Crippen LogP contribution in [0, 0.1) is 0 Å². The Kier molecular flexibility index (Phi) is 2.35. The highest BCUT2D eigenvalue weighted by Crippen LogP contribution is 2.33. The van der Waals surface area contributed by atoms with Crippen molar-refractivity contribution in [1.82, 2.24) is 0 Å². The predicted molar refractivity (Wildman–Crippen MR) is 43.9 cm³/mol. The lowest BCUT2D eigenvalue weighted by Gasteiger charge is -2.31. The van der Waals surface area contributed by atoms with Crippen LogP contribution < -0.4 is 0 Å². The van der Waals surface area contributed by atoms with Crippen LogP contribution in [0.5, 0.6) is 0 Å². The van der Waals surface area contributed by atoms with Crippen LogP contribution in [0.15, 0.2) is 0 Å². The molecule has 1 spiro atoms. The molecule has 12 heavy (non-hydrogen) atoms. The average molecular weight is 172 g/mol. The van der Waals surface area contributed by atoms with Gasteiger partial charge in [-0.1, -0.05) is 6.92 Å². The van der Waals surface area contributed by atoms with Crippen LogP contribution in [-0.2, 0) is 14.2 Å². The fraction of sp³-hybridized carbons (Fsp3) is 1.00. The fourth-order valence-electron chi connectivity index (χ4n) is 1.76. The van der Waals surface area contributed by atoms with Crippen LogP contribution >= 0.6 is 0 Å². The van der Waals surface area contributed by atoms with Crippen molar-refractivity contribution < 1.29 is 14.2 Å². The summed E-state index contributed by atoms with van der Waals surface area (Å²) in [7, 11) is 0. The van der Waals surface area contributed by atoms with Gasteiger partial charge in [0.25, 0.3) is 0 Å². The summed E-state index contributed by atoms with van der Waals surface area (Å²) in [6.07, 6.45) is 3.14. The normalized spacial score (nSPS) is 34.2. The highest BCUT2D eigenvalue weighted by atomic mass is 16.7. The lowest BCUT2D eigenvalue weighted by Crippen LogP contribution is -2.37. The third kappa shape index (κ3) is 1.49. The molecule has 1 atom stereocenters. The molecular weight excluding hydrogens is 156 g/mol. The maximum atomic E-state index is 5.84. The Balaban J connectivity index is 1.94. The zero-order valence-corrected chi connectivity index (χ0v) is 7.54. The summed E-state index contributed by atoms with van der Waals surface area (Å²) in [5, 5.41) is 0. The van der Waals surface area contributed by atoms with Crippen molar-refractivity contribution >= 4 is 0 Å². The van der Waals surface area contributed by atoms with Crippen LogP contribution in [0.2, 0.25) is 0 Å². The fourth-order valence-corrected chi connectivity index (χ4v) is 1.76. The molecule has 2 aliphatic rings. The molecule has 2 saturated heterocycles. The quantitative estimate of drug-likeness (QED) is 0.597. The van der Waals surface area contributed by atoms with Crippen molar-refractivity contribution in [3.05, 3.63) is 0 Å². The lowest BCUT2D eigenvalue weighted by molar-refractivity contribution is -0.211. The minimum absolute atomic E-state index is 0.279. The molecule has 0 radical (unpaired) electrons. The molecule has 0 amide bonds. The van der Waals surface area contributed by atoms with Crippen LogP contribution in [0.1, 0.15) is 26.2 Å². The van der Waals surface area contributed by atoms with Gasteiger partial charge in [0.2, 0.25) is 0 Å². The molecule has 70 valence electrons. The van der Waals surface area contributed by atoms with Gasteiger partial charge in [0, 0.05) is 12.8 Å². The van der Waals surface area contributed by atoms with Gasteiger partial charge in [0.05, 0.1) is 25.9 Å². The highest BCUT2D eigenvalue weighted by molar-refractivity contribution is 4.80. The Hall–Kier alpha value is -0.120. The molecule has 2 heterocycles. The summed E-state index contributed by atoms with van der Waals surface area (Å²) in [5.74, 6) is -0.279. The van der Waals surface area contributed by atoms with Crippen LogP contribution in [0.3, 0.4) is 0 Å². The SMILES string of the molecule is CCC1COC2(CCOCC2)O1. The topological polar surface area (TPSA) is 27.7 Å². The Morgan fingerprint density at radius 2 is 2.08 bits per heavy atom. The third-order valence-corrected chi connectivity index (χ3v) is 2.62. The number of ether oxygens (including phenoxy) is 3. The molecule has 3 nitrogen and oxygen atoms in total. The van der Waals surface area contributed by atoms with Crippen molar-refractivity contribution in [2.45, 2.75) is 38.1 Å². The second-order valence-electron chi connectivity index (χ2n) is 3.48. The number of rotatable bonds is 1. The molecule has 0 aliphatic carbocycles. The summed E-state index contributed by atoms with van der Waals surface area (Å²) < 4.78 is 16.8. The van der Waals surface area contributed by atoms with E-state index in [4.69, 9.17) is 14.2 Å². The first kappa shape index (κ1) is 8.48. The van der Waals surface area contributed by atoms with Gasteiger partial charge in [0.1, 0.15) is 0 Å². The average Bonchev–Trinajstić information content (AvgIpc) is 2.50. The van der Waals surface area contributed by atoms with E-state index in [1.807, 2.05) is 0 Å². The van der Waals surface area contributed by atoms with Gasteiger partial charge < -0.3 is 14.2 Å². The van der Waals surface area contributed by atoms with E-state index in [0.29, 0.717) is 6.10 Å². The van der Waals surface area contributed by atoms with Gasteiger partial charge in [-0.25, -0.2) is 0 Å². The van der Waals surface area contributed by atoms with E-state index in [-0.39, 0.29) is 5.79 Å². The summed E-state index contributed by atoms with van der Waals surface area (Å²) in [6.45, 7) is 4.44. The Morgan fingerprint density at radius 1 is 1.33 bits per heavy atom. The van der Waals surface area contributed by atoms with Crippen molar-refractivity contribution in [2.24, 2.45) is 0 Å². The van der Waals surface area contributed by atoms with E-state index in [1.54, 1.807) is 0 Å². The molecule has 0 aromatic carbocycles. The molecular formula is C9H16O3. The standard InChI is InChI=1S/C9H16O3/c1-2-8-7-11-9(12-8)3-5-10-6-4-9/h8H,2-7H2,1H3. The molecule has 2 fully saturated rings. The zero-order chi connectivity index (χ0) is 8.44. The van der Waals surface area contributed by atoms with Crippen molar-refractivity contribution in [3.8, 4) is 0 Å². The summed E-state index contributed by atoms with van der Waals surface area (Å²) in [4.78, 5) is 0. The summed E-state index contributed by atoms with van der Waals surface area (Å²) >= 11 is 0. The Morgan fingerprint density at radius 3 is 2.67 bits per heavy atom. The second-order valence-corrected chi connectivity index (χ2v) is 3.48. The molecule has 0 aromatic rings. The minimum atomic E-state index is -0.279. The maximum absolute atomic E-state index is 5.84. The molecule has 2 rings (SSSR count). The second kappa shape index (κ2) is 3.32. The van der Waals surface area contributed by atoms with Gasteiger partial charge in [-0.3, -0.25) is 0 Å². The van der Waals surface area contributed by atoms with Crippen LogP contribution in [0.4, 0.5) is 0 Å². The van der Waals surface area contributed by atoms with Crippen molar-refractivity contribution in [1.29, 1.82) is 0 Å². The highest BCUT2D eigenvalue weighted by Gasteiger charge is 2.41. The largest absolute Gasteiger partial charge is 0.381 e. The first-order valence-electron chi connectivity index (χ1n) is 4.74. The van der Waals surface area contributed by atoms with Crippen molar-refractivity contribution in [2.75, 3.05) is 19.8 Å². The van der Waals surface area contributed by atoms with Crippen LogP contribution in [0.25, 0.3) is 0 Å². The monoisotopic (exact) mass is 172 g/mol. The van der Waals surface area contributed by atoms with E-state index < -0.39 is 0 Å². The summed E-state index contributed by atoms with van der Waals surface area (Å²) in [6, 6.07) is 0. The van der Waals surface area contributed by atoms with E-state index in [2.05, 4.69) is 6.92 Å². The number of hydrogen-bond acceptors (Lipinski definition) is 3. The van der Waals surface area contributed by atoms with E-state index in [1.165, 1.54) is 0 Å². The molecule has 0 bridgehead atoms. The zero-order valence-electron chi connectivity index (χ0n) is 7.54. The Labute approximate surface area is 73.0 Å². The van der Waals surface area contributed by atoms with Crippen LogP contribution in [-0.4, -0.2) is 31.7 Å². The first-order chi connectivity index (χ1) is 5.85. The van der Waals surface area contributed by atoms with E-state index in [9.17, 15) is 0 Å². The smallest absolute Gasteiger partial charge is 0.173 e. The van der Waals surface area contributed by atoms with Gasteiger partial charge >= 0.3 is 0 Å². The molecule has 0 saturated carbocycles. The van der Waals surface area contributed by atoms with Gasteiger partial charge in [0.15, 0.2) is 5.79 Å². The first-order valence-corrected chi connectivity index (χ1v) is 4.74. The molecule has 0 aromatic heterocycles. The molecule has 3 heteroatoms. The molecule has 0 N–H and O–H groups in total. The number of hydrogen-bond donors (Lipinski definition) is 0. The van der Waals surface area contributed by atoms with E-state index in [0.717, 1.165) is 39.1 Å².